The quantitative estimate of drug-likeness (QED) is 0.579. The number of methoxy groups -OCH3 is 1. The van der Waals surface area contributed by atoms with Gasteiger partial charge in [-0.2, -0.15) is 0 Å². The van der Waals surface area contributed by atoms with Crippen LogP contribution in [-0.2, 0) is 10.0 Å². The van der Waals surface area contributed by atoms with Crippen LogP contribution in [0.1, 0.15) is 5.56 Å². The summed E-state index contributed by atoms with van der Waals surface area (Å²) in [4.78, 5) is 4.26. The Kier molecular flexibility index (Phi) is 3.69. The van der Waals surface area contributed by atoms with Gasteiger partial charge in [0.1, 0.15) is 10.9 Å². The summed E-state index contributed by atoms with van der Waals surface area (Å²) < 4.78 is 32.0. The van der Waals surface area contributed by atoms with Gasteiger partial charge in [0.05, 0.1) is 28.7 Å². The topological polar surface area (TPSA) is 87.2 Å². The molecule has 1 aromatic carbocycles. The fraction of sp³-hybridized carbons (Fsp3) is 0.133. The number of nitrogen functional groups attached to an aromatic ring is 1. The molecule has 0 radical (unpaired) electrons. The van der Waals surface area contributed by atoms with Crippen LogP contribution in [0, 0.1) is 6.92 Å². The Labute approximate surface area is 138 Å². The van der Waals surface area contributed by atoms with Crippen molar-refractivity contribution in [2.75, 3.05) is 12.8 Å². The van der Waals surface area contributed by atoms with E-state index in [9.17, 15) is 8.42 Å². The minimum Gasteiger partial charge on any atom is -0.495 e. The van der Waals surface area contributed by atoms with E-state index in [-0.39, 0.29) is 10.6 Å². The van der Waals surface area contributed by atoms with Gasteiger partial charge in [-0.15, -0.1) is 0 Å². The number of hydrogen-bond acceptors (Lipinski definition) is 5. The van der Waals surface area contributed by atoms with Crippen molar-refractivity contribution in [3.05, 3.63) is 47.2 Å². The van der Waals surface area contributed by atoms with Crippen LogP contribution in [-0.4, -0.2) is 24.5 Å². The number of nitrogens with zero attached hydrogens (tertiary/aromatic N) is 2. The van der Waals surface area contributed by atoms with Crippen molar-refractivity contribution in [2.24, 2.45) is 0 Å². The number of benzene rings is 1. The summed E-state index contributed by atoms with van der Waals surface area (Å²) in [5.74, 6) is 0.422. The van der Waals surface area contributed by atoms with E-state index >= 15 is 0 Å². The highest BCUT2D eigenvalue weighted by atomic mass is 35.5. The molecule has 0 aliphatic rings. The SMILES string of the molecule is COc1ccc(S(=O)(=O)n2cc(C)c3nc(Cl)ccc32)cc1N. The smallest absolute Gasteiger partial charge is 0.268 e. The molecule has 2 aromatic heterocycles. The molecule has 2 heterocycles. The summed E-state index contributed by atoms with van der Waals surface area (Å²) in [7, 11) is -2.34. The number of hydrogen-bond donors (Lipinski definition) is 1. The summed E-state index contributed by atoms with van der Waals surface area (Å²) in [5.41, 5.74) is 7.79. The summed E-state index contributed by atoms with van der Waals surface area (Å²) in [6.45, 7) is 1.78. The number of aromatic nitrogens is 2. The maximum absolute atomic E-state index is 12.9. The highest BCUT2D eigenvalue weighted by Crippen LogP contribution is 2.29. The highest BCUT2D eigenvalue weighted by molar-refractivity contribution is 7.90. The number of aryl methyl sites for hydroxylation is 1. The van der Waals surface area contributed by atoms with Crippen LogP contribution in [0.2, 0.25) is 5.15 Å². The van der Waals surface area contributed by atoms with Gasteiger partial charge in [0.15, 0.2) is 0 Å². The number of halogens is 1. The Morgan fingerprint density at radius 3 is 2.65 bits per heavy atom. The summed E-state index contributed by atoms with van der Waals surface area (Å²) in [6, 6.07) is 7.53. The molecule has 0 bridgehead atoms. The number of pyridine rings is 1. The van der Waals surface area contributed by atoms with Gasteiger partial charge in [0, 0.05) is 6.20 Å². The van der Waals surface area contributed by atoms with E-state index in [0.29, 0.717) is 27.5 Å². The number of fused-ring (bicyclic) bond motifs is 1. The standard InChI is InChI=1S/C15H14ClN3O3S/c1-9-8-19(12-4-6-14(16)18-15(9)12)23(20,21)10-3-5-13(22-2)11(17)7-10/h3-8H,17H2,1-2H3. The van der Waals surface area contributed by atoms with Crippen LogP contribution in [0.4, 0.5) is 5.69 Å². The van der Waals surface area contributed by atoms with Crippen molar-refractivity contribution in [3.8, 4) is 5.75 Å². The van der Waals surface area contributed by atoms with Crippen LogP contribution in [0.15, 0.2) is 41.4 Å². The second-order valence-corrected chi connectivity index (χ2v) is 7.22. The van der Waals surface area contributed by atoms with Gasteiger partial charge < -0.3 is 10.5 Å². The molecule has 23 heavy (non-hydrogen) atoms. The van der Waals surface area contributed by atoms with Gasteiger partial charge in [0.25, 0.3) is 10.0 Å². The number of ether oxygens (including phenoxy) is 1. The zero-order chi connectivity index (χ0) is 16.8. The maximum Gasteiger partial charge on any atom is 0.268 e. The molecule has 8 heteroatoms. The van der Waals surface area contributed by atoms with Crippen LogP contribution in [0.25, 0.3) is 11.0 Å². The number of anilines is 1. The second kappa shape index (κ2) is 5.43. The minimum absolute atomic E-state index is 0.0719. The fourth-order valence-electron chi connectivity index (χ4n) is 2.39. The number of nitrogens with two attached hydrogens (primary N) is 1. The van der Waals surface area contributed by atoms with Crippen LogP contribution in [0.5, 0.6) is 5.75 Å². The van der Waals surface area contributed by atoms with Crippen molar-refractivity contribution >= 4 is 38.3 Å². The molecular formula is C15H14ClN3O3S. The molecule has 0 amide bonds. The molecule has 0 saturated carbocycles. The van der Waals surface area contributed by atoms with E-state index in [1.54, 1.807) is 19.1 Å². The number of rotatable bonds is 3. The molecule has 0 aliphatic carbocycles. The second-order valence-electron chi connectivity index (χ2n) is 5.02. The Bertz CT molecular complexity index is 1010. The molecule has 3 aromatic rings. The molecule has 120 valence electrons. The Morgan fingerprint density at radius 2 is 2.00 bits per heavy atom. The third-order valence-corrected chi connectivity index (χ3v) is 5.40. The van der Waals surface area contributed by atoms with E-state index in [1.165, 1.54) is 35.5 Å². The van der Waals surface area contributed by atoms with Crippen molar-refractivity contribution in [1.82, 2.24) is 8.96 Å². The first-order valence-corrected chi connectivity index (χ1v) is 8.49. The molecule has 3 rings (SSSR count). The molecule has 0 saturated heterocycles. The normalized spacial score (nSPS) is 11.8. The Morgan fingerprint density at radius 1 is 1.26 bits per heavy atom. The Balaban J connectivity index is 2.23. The lowest BCUT2D eigenvalue weighted by Gasteiger charge is -2.10. The van der Waals surface area contributed by atoms with Crippen molar-refractivity contribution in [1.29, 1.82) is 0 Å². The molecule has 0 unspecified atom stereocenters. The lowest BCUT2D eigenvalue weighted by molar-refractivity contribution is 0.416. The first kappa shape index (κ1) is 15.6. The van der Waals surface area contributed by atoms with Gasteiger partial charge >= 0.3 is 0 Å². The maximum atomic E-state index is 12.9. The molecular weight excluding hydrogens is 338 g/mol. The molecule has 0 spiro atoms. The third-order valence-electron chi connectivity index (χ3n) is 3.52. The van der Waals surface area contributed by atoms with Gasteiger partial charge in [-0.3, -0.25) is 0 Å². The molecule has 6 nitrogen and oxygen atoms in total. The van der Waals surface area contributed by atoms with Gasteiger partial charge in [-0.1, -0.05) is 11.6 Å². The van der Waals surface area contributed by atoms with Gasteiger partial charge in [-0.05, 0) is 42.8 Å². The Hall–Kier alpha value is -2.25. The van der Waals surface area contributed by atoms with Crippen LogP contribution < -0.4 is 10.5 Å². The first-order chi connectivity index (χ1) is 10.8. The lowest BCUT2D eigenvalue weighted by atomic mass is 10.3. The lowest BCUT2D eigenvalue weighted by Crippen LogP contribution is -2.12. The van der Waals surface area contributed by atoms with Gasteiger partial charge in [-0.25, -0.2) is 17.4 Å². The molecule has 0 atom stereocenters. The van der Waals surface area contributed by atoms with Gasteiger partial charge in [0.2, 0.25) is 0 Å². The van der Waals surface area contributed by atoms with Crippen LogP contribution in [0.3, 0.4) is 0 Å². The monoisotopic (exact) mass is 351 g/mol. The average molecular weight is 352 g/mol. The molecule has 2 N–H and O–H groups in total. The summed E-state index contributed by atoms with van der Waals surface area (Å²) in [5, 5.41) is 0.310. The van der Waals surface area contributed by atoms with Crippen molar-refractivity contribution in [2.45, 2.75) is 11.8 Å². The predicted molar refractivity (Wildman–Crippen MR) is 89.5 cm³/mol. The van der Waals surface area contributed by atoms with Crippen molar-refractivity contribution in [3.63, 3.8) is 0 Å². The van der Waals surface area contributed by atoms with E-state index < -0.39 is 10.0 Å². The van der Waals surface area contributed by atoms with E-state index in [4.69, 9.17) is 22.1 Å². The van der Waals surface area contributed by atoms with Crippen molar-refractivity contribution < 1.29 is 13.2 Å². The zero-order valence-electron chi connectivity index (χ0n) is 12.4. The third kappa shape index (κ3) is 2.51. The summed E-state index contributed by atoms with van der Waals surface area (Å²) >= 11 is 5.89. The highest BCUT2D eigenvalue weighted by Gasteiger charge is 2.22. The van der Waals surface area contributed by atoms with E-state index in [2.05, 4.69) is 4.98 Å². The largest absolute Gasteiger partial charge is 0.495 e. The first-order valence-electron chi connectivity index (χ1n) is 6.68. The van der Waals surface area contributed by atoms with E-state index in [0.717, 1.165) is 0 Å². The summed E-state index contributed by atoms with van der Waals surface area (Å²) in [6.07, 6.45) is 1.52. The van der Waals surface area contributed by atoms with Crippen LogP contribution >= 0.6 is 11.6 Å². The predicted octanol–water partition coefficient (Wildman–Crippen LogP) is 2.83. The zero-order valence-corrected chi connectivity index (χ0v) is 14.0. The fourth-order valence-corrected chi connectivity index (χ4v) is 3.98. The van der Waals surface area contributed by atoms with E-state index in [1.807, 2.05) is 0 Å². The minimum atomic E-state index is -3.81. The molecule has 0 fully saturated rings. The molecule has 0 aliphatic heterocycles. The average Bonchev–Trinajstić information content (AvgIpc) is 2.84.